The number of hydrogen-bond acceptors (Lipinski definition) is 5. The van der Waals surface area contributed by atoms with E-state index in [0.29, 0.717) is 5.69 Å². The van der Waals surface area contributed by atoms with Crippen molar-refractivity contribution >= 4 is 28.2 Å². The molecule has 5 nitrogen and oxygen atoms in total. The molecule has 5 heteroatoms. The Kier molecular flexibility index (Phi) is 3.09. The van der Waals surface area contributed by atoms with Gasteiger partial charge in [0.25, 0.3) is 0 Å². The van der Waals surface area contributed by atoms with Crippen LogP contribution in [0.1, 0.15) is 0 Å². The standard InChI is InChI=1S/C12H13N3O2/c1-17-11(16)7-15-10-5-4-9(13)8-3-2-6-14-12(8)10/h2-6,15H,7,13H2,1H3. The van der Waals surface area contributed by atoms with Gasteiger partial charge in [-0.05, 0) is 24.3 Å². The number of esters is 1. The molecule has 0 aliphatic heterocycles. The zero-order valence-electron chi connectivity index (χ0n) is 9.43. The molecule has 0 saturated heterocycles. The van der Waals surface area contributed by atoms with Crippen LogP contribution < -0.4 is 11.1 Å². The van der Waals surface area contributed by atoms with Crippen molar-refractivity contribution < 1.29 is 9.53 Å². The molecule has 0 bridgehead atoms. The van der Waals surface area contributed by atoms with Gasteiger partial charge in [-0.2, -0.15) is 0 Å². The molecule has 0 saturated carbocycles. The van der Waals surface area contributed by atoms with Gasteiger partial charge in [-0.3, -0.25) is 9.78 Å². The molecule has 0 aliphatic rings. The first-order valence-electron chi connectivity index (χ1n) is 5.16. The Morgan fingerprint density at radius 2 is 2.29 bits per heavy atom. The highest BCUT2D eigenvalue weighted by atomic mass is 16.5. The minimum absolute atomic E-state index is 0.103. The summed E-state index contributed by atoms with van der Waals surface area (Å²) in [6.45, 7) is 0.103. The van der Waals surface area contributed by atoms with Crippen LogP contribution in [0, 0.1) is 0 Å². The van der Waals surface area contributed by atoms with Gasteiger partial charge in [0.15, 0.2) is 0 Å². The molecule has 0 radical (unpaired) electrons. The quantitative estimate of drug-likeness (QED) is 0.616. The van der Waals surface area contributed by atoms with Crippen molar-refractivity contribution in [2.24, 2.45) is 0 Å². The van der Waals surface area contributed by atoms with Crippen molar-refractivity contribution in [3.8, 4) is 0 Å². The summed E-state index contributed by atoms with van der Waals surface area (Å²) < 4.78 is 4.56. The molecule has 17 heavy (non-hydrogen) atoms. The van der Waals surface area contributed by atoms with Crippen LogP contribution in [-0.2, 0) is 9.53 Å². The normalized spacial score (nSPS) is 10.2. The first-order chi connectivity index (χ1) is 8.22. The SMILES string of the molecule is COC(=O)CNc1ccc(N)c2cccnc12. The highest BCUT2D eigenvalue weighted by Gasteiger charge is 2.06. The van der Waals surface area contributed by atoms with E-state index < -0.39 is 0 Å². The summed E-state index contributed by atoms with van der Waals surface area (Å²) in [5, 5.41) is 3.84. The fourth-order valence-electron chi connectivity index (χ4n) is 1.58. The Morgan fingerprint density at radius 1 is 1.47 bits per heavy atom. The van der Waals surface area contributed by atoms with Crippen LogP contribution in [0.4, 0.5) is 11.4 Å². The Morgan fingerprint density at radius 3 is 3.06 bits per heavy atom. The average molecular weight is 231 g/mol. The van der Waals surface area contributed by atoms with Crippen molar-refractivity contribution in [1.29, 1.82) is 0 Å². The third-order valence-corrected chi connectivity index (χ3v) is 2.45. The topological polar surface area (TPSA) is 77.2 Å². The predicted molar refractivity (Wildman–Crippen MR) is 66.7 cm³/mol. The molecule has 0 spiro atoms. The third-order valence-electron chi connectivity index (χ3n) is 2.45. The Bertz CT molecular complexity index is 554. The van der Waals surface area contributed by atoms with Gasteiger partial charge in [0.1, 0.15) is 6.54 Å². The Balaban J connectivity index is 2.35. The van der Waals surface area contributed by atoms with Crippen LogP contribution in [0.2, 0.25) is 0 Å². The highest BCUT2D eigenvalue weighted by Crippen LogP contribution is 2.25. The predicted octanol–water partition coefficient (Wildman–Crippen LogP) is 1.40. The van der Waals surface area contributed by atoms with Crippen LogP contribution in [0.25, 0.3) is 10.9 Å². The number of hydrogen-bond donors (Lipinski definition) is 2. The number of nitrogens with two attached hydrogens (primary N) is 1. The lowest BCUT2D eigenvalue weighted by molar-refractivity contribution is -0.138. The van der Waals surface area contributed by atoms with E-state index >= 15 is 0 Å². The van der Waals surface area contributed by atoms with Crippen molar-refractivity contribution in [3.63, 3.8) is 0 Å². The molecule has 2 rings (SSSR count). The number of aromatic nitrogens is 1. The van der Waals surface area contributed by atoms with E-state index in [1.54, 1.807) is 18.3 Å². The van der Waals surface area contributed by atoms with E-state index in [1.807, 2.05) is 12.1 Å². The largest absolute Gasteiger partial charge is 0.468 e. The summed E-state index contributed by atoms with van der Waals surface area (Å²) in [6, 6.07) is 7.29. The number of rotatable bonds is 3. The average Bonchev–Trinajstić information content (AvgIpc) is 2.38. The molecule has 1 aromatic heterocycles. The molecule has 88 valence electrons. The molecule has 3 N–H and O–H groups in total. The van der Waals surface area contributed by atoms with E-state index in [4.69, 9.17) is 5.73 Å². The molecule has 1 heterocycles. The number of pyridine rings is 1. The zero-order valence-corrected chi connectivity index (χ0v) is 9.43. The van der Waals surface area contributed by atoms with E-state index in [9.17, 15) is 4.79 Å². The minimum Gasteiger partial charge on any atom is -0.468 e. The number of nitrogen functional groups attached to an aromatic ring is 1. The number of benzene rings is 1. The lowest BCUT2D eigenvalue weighted by atomic mass is 10.1. The molecule has 0 atom stereocenters. The fourth-order valence-corrected chi connectivity index (χ4v) is 1.58. The second-order valence-electron chi connectivity index (χ2n) is 3.53. The third kappa shape index (κ3) is 2.28. The van der Waals surface area contributed by atoms with Crippen LogP contribution >= 0.6 is 0 Å². The van der Waals surface area contributed by atoms with Crippen LogP contribution in [0.5, 0.6) is 0 Å². The highest BCUT2D eigenvalue weighted by molar-refractivity contribution is 5.98. The summed E-state index contributed by atoms with van der Waals surface area (Å²) in [7, 11) is 1.35. The lowest BCUT2D eigenvalue weighted by Crippen LogP contribution is -2.15. The van der Waals surface area contributed by atoms with Crippen LogP contribution in [0.15, 0.2) is 30.5 Å². The Hall–Kier alpha value is -2.30. The van der Waals surface area contributed by atoms with Gasteiger partial charge in [-0.25, -0.2) is 0 Å². The maximum absolute atomic E-state index is 11.1. The number of nitrogens with one attached hydrogen (secondary N) is 1. The van der Waals surface area contributed by atoms with Crippen molar-refractivity contribution in [2.75, 3.05) is 24.7 Å². The maximum atomic E-state index is 11.1. The molecule has 0 amide bonds. The second kappa shape index (κ2) is 4.69. The van der Waals surface area contributed by atoms with Crippen LogP contribution in [0.3, 0.4) is 0 Å². The first-order valence-corrected chi connectivity index (χ1v) is 5.16. The number of fused-ring (bicyclic) bond motifs is 1. The molecule has 2 aromatic rings. The summed E-state index contributed by atoms with van der Waals surface area (Å²) in [4.78, 5) is 15.3. The van der Waals surface area contributed by atoms with E-state index in [2.05, 4.69) is 15.0 Å². The summed E-state index contributed by atoms with van der Waals surface area (Å²) in [6.07, 6.45) is 1.69. The van der Waals surface area contributed by atoms with Crippen molar-refractivity contribution in [2.45, 2.75) is 0 Å². The van der Waals surface area contributed by atoms with Crippen molar-refractivity contribution in [1.82, 2.24) is 4.98 Å². The van der Waals surface area contributed by atoms with Gasteiger partial charge in [0, 0.05) is 17.3 Å². The van der Waals surface area contributed by atoms with Gasteiger partial charge in [-0.15, -0.1) is 0 Å². The molecule has 0 fully saturated rings. The van der Waals surface area contributed by atoms with E-state index in [-0.39, 0.29) is 12.5 Å². The summed E-state index contributed by atoms with van der Waals surface area (Å²) in [5.41, 5.74) is 8.02. The number of carbonyl (C=O) groups excluding carboxylic acids is 1. The van der Waals surface area contributed by atoms with E-state index in [1.165, 1.54) is 7.11 Å². The number of anilines is 2. The zero-order chi connectivity index (χ0) is 12.3. The first kappa shape index (κ1) is 11.2. The van der Waals surface area contributed by atoms with Gasteiger partial charge < -0.3 is 15.8 Å². The Labute approximate surface area is 98.6 Å². The van der Waals surface area contributed by atoms with Crippen molar-refractivity contribution in [3.05, 3.63) is 30.5 Å². The molecule has 1 aromatic carbocycles. The number of ether oxygens (including phenoxy) is 1. The summed E-state index contributed by atoms with van der Waals surface area (Å²) >= 11 is 0. The maximum Gasteiger partial charge on any atom is 0.325 e. The second-order valence-corrected chi connectivity index (χ2v) is 3.53. The molecular formula is C12H13N3O2. The monoisotopic (exact) mass is 231 g/mol. The number of carbonyl (C=O) groups is 1. The van der Waals surface area contributed by atoms with Gasteiger partial charge in [0.05, 0.1) is 18.3 Å². The van der Waals surface area contributed by atoms with Crippen LogP contribution in [-0.4, -0.2) is 24.6 Å². The fraction of sp³-hybridized carbons (Fsp3) is 0.167. The van der Waals surface area contributed by atoms with Gasteiger partial charge in [0.2, 0.25) is 0 Å². The van der Waals surface area contributed by atoms with Gasteiger partial charge >= 0.3 is 5.97 Å². The smallest absolute Gasteiger partial charge is 0.325 e. The molecular weight excluding hydrogens is 218 g/mol. The minimum atomic E-state index is -0.328. The van der Waals surface area contributed by atoms with Gasteiger partial charge in [-0.1, -0.05) is 0 Å². The number of methoxy groups -OCH3 is 1. The summed E-state index contributed by atoms with van der Waals surface area (Å²) in [5.74, 6) is -0.328. The molecule has 0 unspecified atom stereocenters. The van der Waals surface area contributed by atoms with E-state index in [0.717, 1.165) is 16.6 Å². The lowest BCUT2D eigenvalue weighted by Gasteiger charge is -2.09. The number of nitrogens with zero attached hydrogens (tertiary/aromatic N) is 1. The molecule has 0 aliphatic carbocycles.